The number of hydrogen-bond acceptors (Lipinski definition) is 10. The molecule has 1 fully saturated rings. The first-order chi connectivity index (χ1) is 28.4. The summed E-state index contributed by atoms with van der Waals surface area (Å²) < 4.78 is 36.9. The van der Waals surface area contributed by atoms with E-state index in [1.807, 2.05) is 36.4 Å². The minimum absolute atomic E-state index is 0.0979. The van der Waals surface area contributed by atoms with Gasteiger partial charge in [0.05, 0.1) is 60.9 Å². The Kier molecular flexibility index (Phi) is 10.8. The Labute approximate surface area is 370 Å². The third kappa shape index (κ3) is 8.00. The molecule has 2 N–H and O–H groups in total. The molecule has 1 aliphatic rings. The summed E-state index contributed by atoms with van der Waals surface area (Å²) in [5, 5.41) is 17.0. The van der Waals surface area contributed by atoms with Crippen molar-refractivity contribution in [2.45, 2.75) is 4.90 Å². The van der Waals surface area contributed by atoms with Gasteiger partial charge >= 0.3 is 0 Å². The number of hydrogen-bond donors (Lipinski definition) is 2. The van der Waals surface area contributed by atoms with Crippen molar-refractivity contribution in [1.82, 2.24) is 29.2 Å². The number of ether oxygens (including phenoxy) is 1. The van der Waals surface area contributed by atoms with E-state index in [0.717, 1.165) is 30.0 Å². The molecule has 0 unspecified atom stereocenters. The molecule has 4 aromatic carbocycles. The van der Waals surface area contributed by atoms with Crippen LogP contribution in [0, 0.1) is 0 Å². The molecule has 0 atom stereocenters. The molecule has 0 spiro atoms. The van der Waals surface area contributed by atoms with Crippen LogP contribution in [0.1, 0.15) is 0 Å². The molecule has 18 heteroatoms. The van der Waals surface area contributed by atoms with E-state index in [1.54, 1.807) is 63.9 Å². The zero-order chi connectivity index (χ0) is 41.0. The van der Waals surface area contributed by atoms with Crippen molar-refractivity contribution in [1.29, 1.82) is 0 Å². The van der Waals surface area contributed by atoms with Gasteiger partial charge in [-0.05, 0) is 104 Å². The summed E-state index contributed by atoms with van der Waals surface area (Å²) in [5.41, 5.74) is 7.02. The average Bonchev–Trinajstić information content (AvgIpc) is 3.81. The summed E-state index contributed by atoms with van der Waals surface area (Å²) in [5.74, 6) is 1.19. The van der Waals surface area contributed by atoms with Gasteiger partial charge in [-0.3, -0.25) is 0 Å². The highest BCUT2D eigenvalue weighted by Gasteiger charge is 2.22. The van der Waals surface area contributed by atoms with Gasteiger partial charge in [-0.1, -0.05) is 46.9 Å². The Bertz CT molecular complexity index is 3030. The molecule has 4 aromatic heterocycles. The van der Waals surface area contributed by atoms with Crippen molar-refractivity contribution < 1.29 is 13.2 Å². The van der Waals surface area contributed by atoms with E-state index in [-0.39, 0.29) is 14.9 Å². The van der Waals surface area contributed by atoms with Crippen LogP contribution in [0.25, 0.3) is 44.9 Å². The summed E-state index contributed by atoms with van der Waals surface area (Å²) in [6.07, 6.45) is 4.49. The zero-order valence-corrected chi connectivity index (χ0v) is 37.1. The Morgan fingerprint density at radius 2 is 1.27 bits per heavy atom. The third-order valence-electron chi connectivity index (χ3n) is 9.78. The van der Waals surface area contributed by atoms with Crippen LogP contribution in [0.4, 0.5) is 28.7 Å². The second-order valence-electron chi connectivity index (χ2n) is 13.7. The van der Waals surface area contributed by atoms with Gasteiger partial charge in [0, 0.05) is 70.3 Å². The van der Waals surface area contributed by atoms with Gasteiger partial charge in [0.25, 0.3) is 0 Å². The van der Waals surface area contributed by atoms with Gasteiger partial charge in [-0.25, -0.2) is 18.4 Å². The normalized spacial score (nSPS) is 13.4. The number of halogens is 5. The average molecular weight is 995 g/mol. The van der Waals surface area contributed by atoms with Crippen LogP contribution in [-0.4, -0.2) is 70.2 Å². The molecule has 1 saturated heterocycles. The predicted octanol–water partition coefficient (Wildman–Crippen LogP) is 11.0. The highest BCUT2D eigenvalue weighted by molar-refractivity contribution is 9.11. The Morgan fingerprint density at radius 1 is 0.678 bits per heavy atom. The summed E-state index contributed by atoms with van der Waals surface area (Å²) in [6.45, 7) is 3.06. The molecule has 0 aliphatic carbocycles. The van der Waals surface area contributed by atoms with Crippen LogP contribution < -0.4 is 15.5 Å². The molecular weight excluding hydrogens is 965 g/mol. The molecule has 8 aromatic rings. The van der Waals surface area contributed by atoms with Gasteiger partial charge in [-0.2, -0.15) is 19.2 Å². The Morgan fingerprint density at radius 3 is 1.92 bits per heavy atom. The molecule has 0 saturated carbocycles. The van der Waals surface area contributed by atoms with E-state index in [4.69, 9.17) is 49.5 Å². The standard InChI is InChI=1S/C41H30Br2Cl3N9O3S/c1-59(56,57)36-11-8-27(50-37-19-34(23-2-4-25(44)5-3-23)51-40-31(42)21-47-54(37)40)18-29(36)24-16-30(39(46)33(45)17-24)35-20-38(55-41(52-35)32(43)22-48-55)49-26-6-9-28(10-7-26)53-12-14-58-15-13-53/h2-11,16-22,49-50H,12-15H2,1H3. The topological polar surface area (TPSA) is 131 Å². The van der Waals surface area contributed by atoms with Crippen LogP contribution in [-0.2, 0) is 14.6 Å². The molecule has 59 heavy (non-hydrogen) atoms. The quantitative estimate of drug-likeness (QED) is 0.144. The van der Waals surface area contributed by atoms with Gasteiger partial charge in [0.1, 0.15) is 11.6 Å². The number of fused-ring (bicyclic) bond motifs is 2. The minimum atomic E-state index is -3.73. The maximum absolute atomic E-state index is 13.3. The number of anilines is 5. The number of nitrogens with zero attached hydrogens (tertiary/aromatic N) is 7. The number of morpholine rings is 1. The fourth-order valence-electron chi connectivity index (χ4n) is 6.92. The Hall–Kier alpha value is -4.74. The second-order valence-corrected chi connectivity index (χ2v) is 18.6. The van der Waals surface area contributed by atoms with E-state index in [1.165, 1.54) is 6.26 Å². The molecule has 0 bridgehead atoms. The molecule has 1 aliphatic heterocycles. The highest BCUT2D eigenvalue weighted by atomic mass is 79.9. The maximum Gasteiger partial charge on any atom is 0.176 e. The Balaban J connectivity index is 1.12. The van der Waals surface area contributed by atoms with E-state index < -0.39 is 9.84 Å². The van der Waals surface area contributed by atoms with E-state index >= 15 is 0 Å². The zero-order valence-electron chi connectivity index (χ0n) is 30.8. The third-order valence-corrected chi connectivity index (χ3v) is 13.1. The summed E-state index contributed by atoms with van der Waals surface area (Å²) in [4.78, 5) is 12.1. The first kappa shape index (κ1) is 39.7. The van der Waals surface area contributed by atoms with Crippen molar-refractivity contribution in [2.75, 3.05) is 48.1 Å². The number of sulfone groups is 1. The van der Waals surface area contributed by atoms with Crippen LogP contribution in [0.3, 0.4) is 0 Å². The van der Waals surface area contributed by atoms with Crippen LogP contribution in [0.5, 0.6) is 0 Å². The molecule has 298 valence electrons. The fourth-order valence-corrected chi connectivity index (χ4v) is 9.06. The molecular formula is C41H30Br2Cl3N9O3S. The minimum Gasteiger partial charge on any atom is -0.378 e. The lowest BCUT2D eigenvalue weighted by molar-refractivity contribution is 0.122. The monoisotopic (exact) mass is 991 g/mol. The van der Waals surface area contributed by atoms with E-state index in [0.29, 0.717) is 83.9 Å². The number of benzene rings is 4. The van der Waals surface area contributed by atoms with Crippen LogP contribution in [0.2, 0.25) is 15.1 Å². The van der Waals surface area contributed by atoms with E-state index in [2.05, 4.69) is 69.7 Å². The van der Waals surface area contributed by atoms with Gasteiger partial charge in [-0.15, -0.1) is 0 Å². The first-order valence-electron chi connectivity index (χ1n) is 18.0. The number of nitrogens with one attached hydrogen (secondary N) is 2. The number of aromatic nitrogens is 6. The van der Waals surface area contributed by atoms with Gasteiger partial charge < -0.3 is 20.3 Å². The van der Waals surface area contributed by atoms with Gasteiger partial charge in [0.15, 0.2) is 21.1 Å². The van der Waals surface area contributed by atoms with Crippen molar-refractivity contribution in [2.24, 2.45) is 0 Å². The van der Waals surface area contributed by atoms with Gasteiger partial charge in [0.2, 0.25) is 0 Å². The predicted molar refractivity (Wildman–Crippen MR) is 242 cm³/mol. The highest BCUT2D eigenvalue weighted by Crippen LogP contribution is 2.42. The molecule has 9 rings (SSSR count). The van der Waals surface area contributed by atoms with E-state index in [9.17, 15) is 8.42 Å². The summed E-state index contributed by atoms with van der Waals surface area (Å²) >= 11 is 27.2. The van der Waals surface area contributed by atoms with Crippen LogP contribution in [0.15, 0.2) is 117 Å². The summed E-state index contributed by atoms with van der Waals surface area (Å²) in [6, 6.07) is 27.7. The van der Waals surface area contributed by atoms with Crippen molar-refractivity contribution in [3.63, 3.8) is 0 Å². The molecule has 0 amide bonds. The smallest absolute Gasteiger partial charge is 0.176 e. The lowest BCUT2D eigenvalue weighted by Gasteiger charge is -2.29. The lowest BCUT2D eigenvalue weighted by atomic mass is 10.0. The molecule has 12 nitrogen and oxygen atoms in total. The molecule has 0 radical (unpaired) electrons. The maximum atomic E-state index is 13.3. The summed E-state index contributed by atoms with van der Waals surface area (Å²) in [7, 11) is -3.73. The number of rotatable bonds is 9. The lowest BCUT2D eigenvalue weighted by Crippen LogP contribution is -2.36. The SMILES string of the molecule is CS(=O)(=O)c1ccc(Nc2cc(-c3ccc(Cl)cc3)nc3c(Br)cnn23)cc1-c1cc(Cl)c(Cl)c(-c2cc(Nc3ccc(N4CCOCC4)cc3)n3ncc(Br)c3n2)c1. The van der Waals surface area contributed by atoms with Crippen molar-refractivity contribution in [3.8, 4) is 33.6 Å². The van der Waals surface area contributed by atoms with Crippen molar-refractivity contribution in [3.05, 3.63) is 127 Å². The first-order valence-corrected chi connectivity index (χ1v) is 22.7. The van der Waals surface area contributed by atoms with Crippen LogP contribution >= 0.6 is 66.7 Å². The fraction of sp³-hybridized carbons (Fsp3) is 0.122. The largest absolute Gasteiger partial charge is 0.378 e. The molecule has 5 heterocycles. The van der Waals surface area contributed by atoms with Crippen molar-refractivity contribution >= 4 is 116 Å². The second kappa shape index (κ2) is 16.0.